The number of thiophene rings is 1. The number of rotatable bonds is 6. The van der Waals surface area contributed by atoms with E-state index in [1.807, 2.05) is 0 Å². The molecule has 0 spiro atoms. The lowest BCUT2D eigenvalue weighted by Gasteiger charge is -2.22. The third kappa shape index (κ3) is 3.92. The van der Waals surface area contributed by atoms with E-state index in [0.29, 0.717) is 0 Å². The molecule has 114 valence electrons. The summed E-state index contributed by atoms with van der Waals surface area (Å²) in [7, 11) is 0. The van der Waals surface area contributed by atoms with Gasteiger partial charge in [0.05, 0.1) is 5.39 Å². The van der Waals surface area contributed by atoms with Crippen LogP contribution in [0, 0.1) is 6.92 Å². The summed E-state index contributed by atoms with van der Waals surface area (Å²) in [5.41, 5.74) is 0. The summed E-state index contributed by atoms with van der Waals surface area (Å²) in [5.74, 6) is 0.974. The number of anilines is 1. The minimum absolute atomic E-state index is 0.754. The van der Waals surface area contributed by atoms with E-state index in [2.05, 4.69) is 33.6 Å². The molecule has 1 fully saturated rings. The number of nitrogens with one attached hydrogen (secondary N) is 2. The van der Waals surface area contributed by atoms with E-state index in [4.69, 9.17) is 0 Å². The number of fused-ring (bicyclic) bond motifs is 1. The van der Waals surface area contributed by atoms with Crippen LogP contribution < -0.4 is 10.6 Å². The molecule has 0 aliphatic heterocycles. The highest BCUT2D eigenvalue weighted by Gasteiger charge is 2.11. The Morgan fingerprint density at radius 3 is 2.90 bits per heavy atom. The monoisotopic (exact) mass is 304 g/mol. The average Bonchev–Trinajstić information content (AvgIpc) is 2.89. The van der Waals surface area contributed by atoms with Crippen molar-refractivity contribution in [3.8, 4) is 0 Å². The number of hydrogen-bond acceptors (Lipinski definition) is 5. The molecule has 2 aromatic rings. The molecule has 0 unspecified atom stereocenters. The first-order chi connectivity index (χ1) is 10.3. The van der Waals surface area contributed by atoms with E-state index in [0.717, 1.165) is 41.6 Å². The average molecular weight is 304 g/mol. The largest absolute Gasteiger partial charge is 0.369 e. The zero-order chi connectivity index (χ0) is 14.5. The van der Waals surface area contributed by atoms with Crippen molar-refractivity contribution >= 4 is 27.4 Å². The van der Waals surface area contributed by atoms with E-state index in [1.165, 1.54) is 37.0 Å². The smallest absolute Gasteiger partial charge is 0.138 e. The molecule has 1 saturated carbocycles. The molecule has 1 aliphatic rings. The molecule has 0 saturated heterocycles. The van der Waals surface area contributed by atoms with Gasteiger partial charge >= 0.3 is 0 Å². The maximum absolute atomic E-state index is 4.37. The Kier molecular flexibility index (Phi) is 5.04. The molecule has 2 N–H and O–H groups in total. The van der Waals surface area contributed by atoms with Crippen LogP contribution in [-0.4, -0.2) is 29.1 Å². The summed E-state index contributed by atoms with van der Waals surface area (Å²) in [4.78, 5) is 11.1. The number of nitrogens with zero attached hydrogens (tertiary/aromatic N) is 2. The van der Waals surface area contributed by atoms with Gasteiger partial charge in [0.2, 0.25) is 0 Å². The zero-order valence-electron chi connectivity index (χ0n) is 12.7. The van der Waals surface area contributed by atoms with E-state index >= 15 is 0 Å². The number of hydrogen-bond donors (Lipinski definition) is 2. The minimum atomic E-state index is 0.754. The lowest BCUT2D eigenvalue weighted by molar-refractivity contribution is 0.373. The third-order valence-corrected chi connectivity index (χ3v) is 5.10. The van der Waals surface area contributed by atoms with E-state index in [1.54, 1.807) is 17.7 Å². The maximum atomic E-state index is 4.37. The quantitative estimate of drug-likeness (QED) is 0.799. The Hall–Kier alpha value is -1.20. The van der Waals surface area contributed by atoms with Crippen LogP contribution in [0.15, 0.2) is 12.4 Å². The van der Waals surface area contributed by atoms with Crippen molar-refractivity contribution in [1.29, 1.82) is 0 Å². The second-order valence-corrected chi connectivity index (χ2v) is 7.10. The molecule has 4 nitrogen and oxygen atoms in total. The van der Waals surface area contributed by atoms with Gasteiger partial charge in [-0.3, -0.25) is 0 Å². The van der Waals surface area contributed by atoms with Crippen LogP contribution in [0.4, 0.5) is 5.82 Å². The lowest BCUT2D eigenvalue weighted by Crippen LogP contribution is -2.32. The summed E-state index contributed by atoms with van der Waals surface area (Å²) < 4.78 is 0. The SMILES string of the molecule is Cc1cc2c(NCCCNC3CCCCC3)ncnc2s1. The Bertz CT molecular complexity index is 575. The molecule has 0 radical (unpaired) electrons. The predicted molar refractivity (Wildman–Crippen MR) is 90.1 cm³/mol. The molecule has 0 atom stereocenters. The first-order valence-corrected chi connectivity index (χ1v) is 8.83. The maximum Gasteiger partial charge on any atom is 0.138 e. The summed E-state index contributed by atoms with van der Waals surface area (Å²) in [6.07, 6.45) is 9.70. The Labute approximate surface area is 130 Å². The van der Waals surface area contributed by atoms with Crippen LogP contribution in [0.2, 0.25) is 0 Å². The van der Waals surface area contributed by atoms with Gasteiger partial charge < -0.3 is 10.6 Å². The van der Waals surface area contributed by atoms with Gasteiger partial charge in [0.25, 0.3) is 0 Å². The molecule has 2 heterocycles. The van der Waals surface area contributed by atoms with Crippen LogP contribution in [-0.2, 0) is 0 Å². The molecule has 21 heavy (non-hydrogen) atoms. The highest BCUT2D eigenvalue weighted by molar-refractivity contribution is 7.18. The van der Waals surface area contributed by atoms with Crippen LogP contribution in [0.5, 0.6) is 0 Å². The van der Waals surface area contributed by atoms with Crippen LogP contribution in [0.25, 0.3) is 10.2 Å². The molecule has 1 aliphatic carbocycles. The molecule has 2 aromatic heterocycles. The Morgan fingerprint density at radius 1 is 1.19 bits per heavy atom. The van der Waals surface area contributed by atoms with Crippen molar-refractivity contribution in [3.63, 3.8) is 0 Å². The Balaban J connectivity index is 1.44. The van der Waals surface area contributed by atoms with Gasteiger partial charge in [0.15, 0.2) is 0 Å². The van der Waals surface area contributed by atoms with Gasteiger partial charge in [-0.2, -0.15) is 0 Å². The van der Waals surface area contributed by atoms with E-state index in [-0.39, 0.29) is 0 Å². The van der Waals surface area contributed by atoms with Gasteiger partial charge in [0, 0.05) is 17.5 Å². The topological polar surface area (TPSA) is 49.8 Å². The molecule has 0 aromatic carbocycles. The first kappa shape index (κ1) is 14.7. The Morgan fingerprint density at radius 2 is 2.05 bits per heavy atom. The molecule has 0 amide bonds. The van der Waals surface area contributed by atoms with Gasteiger partial charge in [-0.1, -0.05) is 19.3 Å². The van der Waals surface area contributed by atoms with Gasteiger partial charge in [-0.05, 0) is 38.8 Å². The fraction of sp³-hybridized carbons (Fsp3) is 0.625. The van der Waals surface area contributed by atoms with Crippen molar-refractivity contribution in [2.24, 2.45) is 0 Å². The molecule has 3 rings (SSSR count). The van der Waals surface area contributed by atoms with Gasteiger partial charge in [0.1, 0.15) is 17.0 Å². The fourth-order valence-corrected chi connectivity index (χ4v) is 3.87. The lowest BCUT2D eigenvalue weighted by atomic mass is 9.95. The minimum Gasteiger partial charge on any atom is -0.369 e. The summed E-state index contributed by atoms with van der Waals surface area (Å²) in [5, 5.41) is 8.29. The van der Waals surface area contributed by atoms with Gasteiger partial charge in [-0.15, -0.1) is 11.3 Å². The fourth-order valence-electron chi connectivity index (χ4n) is 3.03. The third-order valence-electron chi connectivity index (χ3n) is 4.14. The van der Waals surface area contributed by atoms with Crippen LogP contribution in [0.3, 0.4) is 0 Å². The van der Waals surface area contributed by atoms with Crippen molar-refractivity contribution in [3.05, 3.63) is 17.3 Å². The summed E-state index contributed by atoms with van der Waals surface area (Å²) >= 11 is 1.73. The number of aromatic nitrogens is 2. The van der Waals surface area contributed by atoms with Crippen molar-refractivity contribution in [2.75, 3.05) is 18.4 Å². The van der Waals surface area contributed by atoms with Crippen molar-refractivity contribution < 1.29 is 0 Å². The molecular formula is C16H24N4S. The van der Waals surface area contributed by atoms with Crippen molar-refractivity contribution in [1.82, 2.24) is 15.3 Å². The standard InChI is InChI=1S/C16H24N4S/c1-12-10-14-15(19-11-20-16(14)21-12)18-9-5-8-17-13-6-3-2-4-7-13/h10-11,13,17H,2-9H2,1H3,(H,18,19,20). The van der Waals surface area contributed by atoms with E-state index in [9.17, 15) is 0 Å². The first-order valence-electron chi connectivity index (χ1n) is 8.01. The summed E-state index contributed by atoms with van der Waals surface area (Å²) in [6, 6.07) is 2.92. The molecular weight excluding hydrogens is 280 g/mol. The summed E-state index contributed by atoms with van der Waals surface area (Å²) in [6.45, 7) is 4.17. The highest BCUT2D eigenvalue weighted by Crippen LogP contribution is 2.27. The van der Waals surface area contributed by atoms with Crippen LogP contribution in [0.1, 0.15) is 43.4 Å². The second-order valence-electron chi connectivity index (χ2n) is 5.87. The highest BCUT2D eigenvalue weighted by atomic mass is 32.1. The van der Waals surface area contributed by atoms with Crippen LogP contribution >= 0.6 is 11.3 Å². The molecule has 0 bridgehead atoms. The van der Waals surface area contributed by atoms with E-state index < -0.39 is 0 Å². The van der Waals surface area contributed by atoms with Gasteiger partial charge in [-0.25, -0.2) is 9.97 Å². The zero-order valence-corrected chi connectivity index (χ0v) is 13.5. The number of aryl methyl sites for hydroxylation is 1. The predicted octanol–water partition coefficient (Wildman–Crippen LogP) is 3.72. The normalized spacial score (nSPS) is 16.4. The molecule has 5 heteroatoms. The van der Waals surface area contributed by atoms with Crippen molar-refractivity contribution in [2.45, 2.75) is 51.5 Å². The second kappa shape index (κ2) is 7.18.